The van der Waals surface area contributed by atoms with E-state index in [2.05, 4.69) is 17.0 Å². The fraction of sp³-hybridized carbons (Fsp3) is 1.00. The Morgan fingerprint density at radius 3 is 2.50 bits per heavy atom. The molecular formula is C13H28N2O2S. The normalized spacial score (nSPS) is 17.4. The van der Waals surface area contributed by atoms with Gasteiger partial charge in [0.1, 0.15) is 0 Å². The Morgan fingerprint density at radius 2 is 1.83 bits per heavy atom. The summed E-state index contributed by atoms with van der Waals surface area (Å²) in [7, 11) is -3.05. The monoisotopic (exact) mass is 276 g/mol. The molecule has 108 valence electrons. The molecule has 0 aliphatic heterocycles. The van der Waals surface area contributed by atoms with Crippen LogP contribution >= 0.6 is 0 Å². The van der Waals surface area contributed by atoms with Crippen molar-refractivity contribution in [1.29, 1.82) is 0 Å². The van der Waals surface area contributed by atoms with Gasteiger partial charge in [0.05, 0.1) is 5.75 Å². The van der Waals surface area contributed by atoms with Gasteiger partial charge in [0.25, 0.3) is 0 Å². The molecule has 1 saturated carbocycles. The van der Waals surface area contributed by atoms with E-state index in [9.17, 15) is 8.42 Å². The van der Waals surface area contributed by atoms with Crippen LogP contribution < -0.4 is 10.0 Å². The first-order chi connectivity index (χ1) is 8.64. The Morgan fingerprint density at radius 1 is 1.11 bits per heavy atom. The van der Waals surface area contributed by atoms with Gasteiger partial charge < -0.3 is 5.32 Å². The number of hydrogen-bond donors (Lipinski definition) is 2. The van der Waals surface area contributed by atoms with Gasteiger partial charge in [-0.2, -0.15) is 0 Å². The predicted molar refractivity (Wildman–Crippen MR) is 76.1 cm³/mol. The van der Waals surface area contributed by atoms with E-state index >= 15 is 0 Å². The molecule has 1 rings (SSSR count). The molecule has 18 heavy (non-hydrogen) atoms. The Kier molecular flexibility index (Phi) is 7.86. The summed E-state index contributed by atoms with van der Waals surface area (Å²) < 4.78 is 26.1. The Labute approximate surface area is 112 Å². The maximum atomic E-state index is 11.7. The number of sulfonamides is 1. The minimum Gasteiger partial charge on any atom is -0.317 e. The topological polar surface area (TPSA) is 58.2 Å². The van der Waals surface area contributed by atoms with Crippen molar-refractivity contribution in [3.8, 4) is 0 Å². The van der Waals surface area contributed by atoms with E-state index in [1.54, 1.807) is 0 Å². The van der Waals surface area contributed by atoms with Crippen LogP contribution in [-0.4, -0.2) is 33.8 Å². The minimum atomic E-state index is -3.05. The first-order valence-electron chi connectivity index (χ1n) is 7.32. The summed E-state index contributed by atoms with van der Waals surface area (Å²) in [4.78, 5) is 0. The molecule has 0 bridgehead atoms. The standard InChI is InChI=1S/C13H28N2O2S/c1-2-9-14-10-5-12-18(16,17)15-11-8-13-6-3-4-7-13/h13-15H,2-12H2,1H3. The van der Waals surface area contributed by atoms with Gasteiger partial charge in [-0.3, -0.25) is 0 Å². The molecule has 1 fully saturated rings. The lowest BCUT2D eigenvalue weighted by molar-refractivity contribution is 0.495. The molecule has 0 atom stereocenters. The average Bonchev–Trinajstić information content (AvgIpc) is 2.81. The third kappa shape index (κ3) is 7.34. The quantitative estimate of drug-likeness (QED) is 0.599. The molecule has 0 aromatic carbocycles. The minimum absolute atomic E-state index is 0.244. The lowest BCUT2D eigenvalue weighted by Gasteiger charge is -2.10. The largest absolute Gasteiger partial charge is 0.317 e. The van der Waals surface area contributed by atoms with Crippen LogP contribution in [0.1, 0.15) is 51.9 Å². The Balaban J connectivity index is 2.03. The van der Waals surface area contributed by atoms with E-state index in [-0.39, 0.29) is 5.75 Å². The van der Waals surface area contributed by atoms with Crippen LogP contribution in [0, 0.1) is 5.92 Å². The zero-order valence-electron chi connectivity index (χ0n) is 11.6. The molecule has 1 aliphatic carbocycles. The maximum absolute atomic E-state index is 11.7. The number of hydrogen-bond acceptors (Lipinski definition) is 3. The SMILES string of the molecule is CCCNCCCS(=O)(=O)NCCC1CCCC1. The van der Waals surface area contributed by atoms with Crippen molar-refractivity contribution in [3.05, 3.63) is 0 Å². The molecule has 0 saturated heterocycles. The molecule has 0 heterocycles. The summed E-state index contributed by atoms with van der Waals surface area (Å²) >= 11 is 0. The van der Waals surface area contributed by atoms with Crippen LogP contribution in [0.5, 0.6) is 0 Å². The molecule has 4 nitrogen and oxygen atoms in total. The van der Waals surface area contributed by atoms with Gasteiger partial charge in [-0.05, 0) is 38.3 Å². The third-order valence-electron chi connectivity index (χ3n) is 3.54. The van der Waals surface area contributed by atoms with Gasteiger partial charge in [-0.25, -0.2) is 13.1 Å². The van der Waals surface area contributed by atoms with Crippen LogP contribution in [-0.2, 0) is 10.0 Å². The highest BCUT2D eigenvalue weighted by Gasteiger charge is 2.16. The zero-order valence-corrected chi connectivity index (χ0v) is 12.4. The second-order valence-corrected chi connectivity index (χ2v) is 7.18. The van der Waals surface area contributed by atoms with E-state index in [0.717, 1.165) is 31.8 Å². The lowest BCUT2D eigenvalue weighted by atomic mass is 10.1. The van der Waals surface area contributed by atoms with E-state index < -0.39 is 10.0 Å². The van der Waals surface area contributed by atoms with Crippen LogP contribution in [0.25, 0.3) is 0 Å². The average molecular weight is 276 g/mol. The van der Waals surface area contributed by atoms with Crippen LogP contribution in [0.15, 0.2) is 0 Å². The van der Waals surface area contributed by atoms with Gasteiger partial charge in [-0.1, -0.05) is 32.6 Å². The summed E-state index contributed by atoms with van der Waals surface area (Å²) in [5.74, 6) is 0.993. The molecule has 0 amide bonds. The predicted octanol–water partition coefficient (Wildman–Crippen LogP) is 1.88. The summed E-state index contributed by atoms with van der Waals surface area (Å²) in [6.07, 6.45) is 7.99. The van der Waals surface area contributed by atoms with Crippen molar-refractivity contribution in [3.63, 3.8) is 0 Å². The van der Waals surface area contributed by atoms with Gasteiger partial charge in [0.15, 0.2) is 0 Å². The molecule has 2 N–H and O–H groups in total. The molecule has 0 aromatic rings. The second kappa shape index (κ2) is 8.88. The first-order valence-corrected chi connectivity index (χ1v) is 8.97. The fourth-order valence-electron chi connectivity index (χ4n) is 2.48. The van der Waals surface area contributed by atoms with Crippen molar-refractivity contribution in [1.82, 2.24) is 10.0 Å². The van der Waals surface area contributed by atoms with Gasteiger partial charge in [-0.15, -0.1) is 0 Å². The van der Waals surface area contributed by atoms with Gasteiger partial charge >= 0.3 is 0 Å². The fourth-order valence-corrected chi connectivity index (χ4v) is 3.58. The third-order valence-corrected chi connectivity index (χ3v) is 5.01. The van der Waals surface area contributed by atoms with Gasteiger partial charge in [0, 0.05) is 6.54 Å². The molecule has 1 aliphatic rings. The van der Waals surface area contributed by atoms with Crippen molar-refractivity contribution in [2.75, 3.05) is 25.4 Å². The maximum Gasteiger partial charge on any atom is 0.211 e. The number of rotatable bonds is 10. The smallest absolute Gasteiger partial charge is 0.211 e. The van der Waals surface area contributed by atoms with Crippen LogP contribution in [0.3, 0.4) is 0 Å². The van der Waals surface area contributed by atoms with E-state index in [4.69, 9.17) is 0 Å². The molecule has 0 radical (unpaired) electrons. The molecule has 5 heteroatoms. The summed E-state index contributed by atoms with van der Waals surface area (Å²) in [6.45, 7) is 4.48. The Hall–Kier alpha value is -0.130. The van der Waals surface area contributed by atoms with Crippen molar-refractivity contribution in [2.45, 2.75) is 51.9 Å². The second-order valence-electron chi connectivity index (χ2n) is 5.26. The van der Waals surface area contributed by atoms with E-state index in [1.165, 1.54) is 25.7 Å². The van der Waals surface area contributed by atoms with Gasteiger partial charge in [0.2, 0.25) is 10.0 Å². The highest BCUT2D eigenvalue weighted by Crippen LogP contribution is 2.26. The number of nitrogens with one attached hydrogen (secondary N) is 2. The first kappa shape index (κ1) is 15.9. The van der Waals surface area contributed by atoms with Crippen LogP contribution in [0.2, 0.25) is 0 Å². The Bertz CT molecular complexity index is 298. The molecular weight excluding hydrogens is 248 g/mol. The summed E-state index contributed by atoms with van der Waals surface area (Å²) in [6, 6.07) is 0. The van der Waals surface area contributed by atoms with Crippen LogP contribution in [0.4, 0.5) is 0 Å². The highest BCUT2D eigenvalue weighted by molar-refractivity contribution is 7.89. The van der Waals surface area contributed by atoms with E-state index in [1.807, 2.05) is 0 Å². The summed E-state index contributed by atoms with van der Waals surface area (Å²) in [5.41, 5.74) is 0. The van der Waals surface area contributed by atoms with Crippen molar-refractivity contribution in [2.24, 2.45) is 5.92 Å². The molecule has 0 spiro atoms. The molecule has 0 unspecified atom stereocenters. The molecule has 0 aromatic heterocycles. The summed E-state index contributed by atoms with van der Waals surface area (Å²) in [5, 5.41) is 3.22. The lowest BCUT2D eigenvalue weighted by Crippen LogP contribution is -2.30. The van der Waals surface area contributed by atoms with E-state index in [0.29, 0.717) is 13.0 Å². The van der Waals surface area contributed by atoms with Crippen molar-refractivity contribution >= 4 is 10.0 Å². The zero-order chi connectivity index (χ0) is 13.3. The highest BCUT2D eigenvalue weighted by atomic mass is 32.2. The van der Waals surface area contributed by atoms with Crippen molar-refractivity contribution < 1.29 is 8.42 Å².